The first kappa shape index (κ1) is 17.5. The number of ether oxygens (including phenoxy) is 1. The fourth-order valence-electron chi connectivity index (χ4n) is 3.34. The number of carbonyl (C=O) groups excluding carboxylic acids is 1. The van der Waals surface area contributed by atoms with E-state index < -0.39 is 0 Å². The minimum Gasteiger partial charge on any atom is -0.459 e. The molecular formula is C17H33NO2. The lowest BCUT2D eigenvalue weighted by Crippen LogP contribution is -2.43. The normalized spacial score (nSPS) is 19.7. The first-order valence-corrected chi connectivity index (χ1v) is 8.03. The number of esters is 1. The molecule has 3 heteroatoms. The van der Waals surface area contributed by atoms with Crippen LogP contribution >= 0.6 is 0 Å². The second kappa shape index (κ2) is 6.93. The van der Waals surface area contributed by atoms with Gasteiger partial charge in [-0.3, -0.25) is 4.79 Å². The zero-order chi connectivity index (χ0) is 15.4. The maximum atomic E-state index is 12.2. The molecule has 1 rings (SSSR count). The van der Waals surface area contributed by atoms with Crippen LogP contribution in [0.25, 0.3) is 0 Å². The zero-order valence-electron chi connectivity index (χ0n) is 14.2. The van der Waals surface area contributed by atoms with Crippen LogP contribution in [0.2, 0.25) is 0 Å². The van der Waals surface area contributed by atoms with E-state index in [1.807, 2.05) is 0 Å². The molecule has 3 nitrogen and oxygen atoms in total. The third-order valence-corrected chi connectivity index (χ3v) is 4.18. The zero-order valence-corrected chi connectivity index (χ0v) is 14.2. The van der Waals surface area contributed by atoms with Crippen molar-refractivity contribution in [2.45, 2.75) is 72.8 Å². The predicted molar refractivity (Wildman–Crippen MR) is 83.6 cm³/mol. The van der Waals surface area contributed by atoms with Crippen LogP contribution in [0, 0.1) is 17.3 Å². The van der Waals surface area contributed by atoms with Gasteiger partial charge in [0.15, 0.2) is 0 Å². The Labute approximate surface area is 124 Å². The Morgan fingerprint density at radius 2 is 1.75 bits per heavy atom. The van der Waals surface area contributed by atoms with Gasteiger partial charge >= 0.3 is 5.97 Å². The summed E-state index contributed by atoms with van der Waals surface area (Å²) in [7, 11) is 0. The molecule has 1 heterocycles. The van der Waals surface area contributed by atoms with Gasteiger partial charge in [0.1, 0.15) is 5.60 Å². The Balaban J connectivity index is 2.43. The van der Waals surface area contributed by atoms with Crippen molar-refractivity contribution >= 4 is 5.97 Å². The highest BCUT2D eigenvalue weighted by Crippen LogP contribution is 2.31. The largest absolute Gasteiger partial charge is 0.459 e. The molecule has 20 heavy (non-hydrogen) atoms. The summed E-state index contributed by atoms with van der Waals surface area (Å²) in [6.07, 6.45) is 3.77. The van der Waals surface area contributed by atoms with E-state index in [1.165, 1.54) is 0 Å². The second-order valence-electron chi connectivity index (χ2n) is 8.18. The molecule has 1 aliphatic rings. The number of piperidine rings is 1. The van der Waals surface area contributed by atoms with Gasteiger partial charge in [-0.2, -0.15) is 0 Å². The van der Waals surface area contributed by atoms with Crippen LogP contribution in [0.15, 0.2) is 0 Å². The van der Waals surface area contributed by atoms with Crippen molar-refractivity contribution in [3.63, 3.8) is 0 Å². The number of hydrogen-bond acceptors (Lipinski definition) is 3. The summed E-state index contributed by atoms with van der Waals surface area (Å²) >= 11 is 0. The van der Waals surface area contributed by atoms with Gasteiger partial charge in [0.25, 0.3) is 0 Å². The average Bonchev–Trinajstić information content (AvgIpc) is 2.26. The minimum atomic E-state index is -0.333. The fourth-order valence-corrected chi connectivity index (χ4v) is 3.34. The van der Waals surface area contributed by atoms with Crippen molar-refractivity contribution in [3.8, 4) is 0 Å². The van der Waals surface area contributed by atoms with E-state index in [-0.39, 0.29) is 17.0 Å². The summed E-state index contributed by atoms with van der Waals surface area (Å²) in [5.41, 5.74) is -0.0646. The Morgan fingerprint density at radius 1 is 1.20 bits per heavy atom. The molecule has 118 valence electrons. The highest BCUT2D eigenvalue weighted by Gasteiger charge is 2.34. The molecule has 0 aromatic carbocycles. The monoisotopic (exact) mass is 283 g/mol. The van der Waals surface area contributed by atoms with E-state index in [2.05, 4.69) is 46.9 Å². The summed E-state index contributed by atoms with van der Waals surface area (Å²) in [6, 6.07) is 0. The lowest BCUT2D eigenvalue weighted by atomic mass is 9.83. The van der Waals surface area contributed by atoms with Crippen LogP contribution in [0.1, 0.15) is 67.2 Å². The molecule has 1 N–H and O–H groups in total. The molecule has 1 fully saturated rings. The van der Waals surface area contributed by atoms with E-state index in [9.17, 15) is 4.79 Å². The lowest BCUT2D eigenvalue weighted by molar-refractivity contribution is -0.164. The van der Waals surface area contributed by atoms with Gasteiger partial charge in [-0.05, 0) is 57.5 Å². The first-order valence-electron chi connectivity index (χ1n) is 8.03. The van der Waals surface area contributed by atoms with Crippen LogP contribution < -0.4 is 5.32 Å². The van der Waals surface area contributed by atoms with Gasteiger partial charge in [-0.15, -0.1) is 0 Å². The van der Waals surface area contributed by atoms with E-state index in [1.54, 1.807) is 0 Å². The molecule has 0 saturated carbocycles. The van der Waals surface area contributed by atoms with Gasteiger partial charge in [0, 0.05) is 12.3 Å². The molecule has 1 unspecified atom stereocenters. The van der Waals surface area contributed by atoms with E-state index in [4.69, 9.17) is 4.74 Å². The van der Waals surface area contributed by atoms with Crippen molar-refractivity contribution in [1.29, 1.82) is 0 Å². The topological polar surface area (TPSA) is 38.3 Å². The van der Waals surface area contributed by atoms with Gasteiger partial charge in [-0.25, -0.2) is 0 Å². The van der Waals surface area contributed by atoms with Gasteiger partial charge in [0.2, 0.25) is 0 Å². The van der Waals surface area contributed by atoms with Crippen molar-refractivity contribution < 1.29 is 9.53 Å². The van der Waals surface area contributed by atoms with Crippen molar-refractivity contribution in [2.75, 3.05) is 13.1 Å². The minimum absolute atomic E-state index is 0.0368. The van der Waals surface area contributed by atoms with Crippen molar-refractivity contribution in [1.82, 2.24) is 5.32 Å². The maximum absolute atomic E-state index is 12.2. The van der Waals surface area contributed by atoms with Crippen molar-refractivity contribution in [3.05, 3.63) is 0 Å². The van der Waals surface area contributed by atoms with Crippen LogP contribution in [-0.2, 0) is 9.53 Å². The van der Waals surface area contributed by atoms with Crippen molar-refractivity contribution in [2.24, 2.45) is 17.3 Å². The lowest BCUT2D eigenvalue weighted by Gasteiger charge is -2.37. The number of nitrogens with one attached hydrogen (secondary N) is 1. The highest BCUT2D eigenvalue weighted by atomic mass is 16.6. The molecule has 1 aliphatic heterocycles. The summed E-state index contributed by atoms with van der Waals surface area (Å²) < 4.78 is 5.80. The first-order chi connectivity index (χ1) is 9.10. The molecule has 1 atom stereocenters. The van der Waals surface area contributed by atoms with Gasteiger partial charge in [-0.1, -0.05) is 27.7 Å². The highest BCUT2D eigenvalue weighted by molar-refractivity contribution is 5.70. The average molecular weight is 283 g/mol. The van der Waals surface area contributed by atoms with E-state index in [0.717, 1.165) is 32.4 Å². The number of rotatable bonds is 5. The fraction of sp³-hybridized carbons (Fsp3) is 0.941. The third-order valence-electron chi connectivity index (χ3n) is 4.18. The van der Waals surface area contributed by atoms with Gasteiger partial charge in [0.05, 0.1) is 0 Å². The van der Waals surface area contributed by atoms with Crippen LogP contribution in [0.4, 0.5) is 0 Å². The van der Waals surface area contributed by atoms with E-state index in [0.29, 0.717) is 18.3 Å². The Morgan fingerprint density at radius 3 is 2.25 bits per heavy atom. The predicted octanol–water partition coefficient (Wildman–Crippen LogP) is 3.77. The molecule has 0 spiro atoms. The third kappa shape index (κ3) is 6.25. The summed E-state index contributed by atoms with van der Waals surface area (Å²) in [5, 5.41) is 3.36. The molecule has 0 aromatic rings. The molecule has 0 amide bonds. The molecule has 0 aromatic heterocycles. The Kier molecular flexibility index (Phi) is 6.06. The summed E-state index contributed by atoms with van der Waals surface area (Å²) in [5.74, 6) is 0.822. The van der Waals surface area contributed by atoms with Crippen LogP contribution in [0.5, 0.6) is 0 Å². The Hall–Kier alpha value is -0.570. The SMILES string of the molecule is CC(CC(=O)OC(C)(C)C1CCNCC1)CC(C)(C)C. The number of hydrogen-bond donors (Lipinski definition) is 1. The standard InChI is InChI=1S/C17H33NO2/c1-13(12-16(2,3)4)11-15(19)20-17(5,6)14-7-9-18-10-8-14/h13-14,18H,7-12H2,1-6H3. The Bertz CT molecular complexity index is 311. The van der Waals surface area contributed by atoms with Crippen LogP contribution in [0.3, 0.4) is 0 Å². The summed E-state index contributed by atoms with van der Waals surface area (Å²) in [6.45, 7) is 15.0. The second-order valence-corrected chi connectivity index (χ2v) is 8.18. The quantitative estimate of drug-likeness (QED) is 0.781. The molecular weight excluding hydrogens is 250 g/mol. The maximum Gasteiger partial charge on any atom is 0.306 e. The smallest absolute Gasteiger partial charge is 0.306 e. The molecule has 0 aliphatic carbocycles. The molecule has 1 saturated heterocycles. The number of carbonyl (C=O) groups is 1. The molecule has 0 bridgehead atoms. The summed E-state index contributed by atoms with van der Waals surface area (Å²) in [4.78, 5) is 12.2. The van der Waals surface area contributed by atoms with E-state index >= 15 is 0 Å². The molecule has 0 radical (unpaired) electrons. The van der Waals surface area contributed by atoms with Gasteiger partial charge < -0.3 is 10.1 Å². The van der Waals surface area contributed by atoms with Crippen LogP contribution in [-0.4, -0.2) is 24.7 Å².